The standard InChI is InChI=1S/C5H6O4.Na/c1-3(5(8)9)2-4(6)7;/h1-2H2,(H,6,7)(H,8,9);. The molecule has 4 nitrogen and oxygen atoms in total. The SMILES string of the molecule is C=C(CC(=O)O)C(=O)O.[Na]. The fourth-order valence-electron chi connectivity index (χ4n) is 0.258. The molecular weight excluding hydrogens is 147 g/mol. The van der Waals surface area contributed by atoms with Crippen LogP contribution in [0.2, 0.25) is 0 Å². The zero-order chi connectivity index (χ0) is 7.44. The van der Waals surface area contributed by atoms with Crippen LogP contribution in [0.3, 0.4) is 0 Å². The summed E-state index contributed by atoms with van der Waals surface area (Å²) in [6, 6.07) is 0. The summed E-state index contributed by atoms with van der Waals surface area (Å²) in [5, 5.41) is 16.1. The zero-order valence-corrected chi connectivity index (χ0v) is 7.63. The number of rotatable bonds is 3. The topological polar surface area (TPSA) is 74.6 Å². The van der Waals surface area contributed by atoms with Gasteiger partial charge in [0.25, 0.3) is 0 Å². The van der Waals surface area contributed by atoms with Crippen LogP contribution in [0, 0.1) is 0 Å². The van der Waals surface area contributed by atoms with E-state index < -0.39 is 18.4 Å². The van der Waals surface area contributed by atoms with E-state index in [4.69, 9.17) is 10.2 Å². The largest absolute Gasteiger partial charge is 0.481 e. The Hall–Kier alpha value is -0.320. The molecule has 0 aliphatic heterocycles. The van der Waals surface area contributed by atoms with Crippen LogP contribution in [0.4, 0.5) is 0 Å². The maximum absolute atomic E-state index is 9.87. The molecule has 10 heavy (non-hydrogen) atoms. The molecule has 0 aromatic carbocycles. The molecule has 0 atom stereocenters. The van der Waals surface area contributed by atoms with Crippen LogP contribution in [0.5, 0.6) is 0 Å². The predicted molar refractivity (Wildman–Crippen MR) is 34.8 cm³/mol. The van der Waals surface area contributed by atoms with E-state index in [9.17, 15) is 9.59 Å². The van der Waals surface area contributed by atoms with E-state index >= 15 is 0 Å². The average molecular weight is 153 g/mol. The van der Waals surface area contributed by atoms with Crippen LogP contribution in [-0.4, -0.2) is 51.7 Å². The molecule has 0 rings (SSSR count). The van der Waals surface area contributed by atoms with Gasteiger partial charge in [0.1, 0.15) is 0 Å². The second-order valence-electron chi connectivity index (χ2n) is 1.48. The first-order chi connectivity index (χ1) is 4.04. The van der Waals surface area contributed by atoms with Crippen LogP contribution in [0.1, 0.15) is 6.42 Å². The molecular formula is C5H6NaO4. The quantitative estimate of drug-likeness (QED) is 0.432. The zero-order valence-electron chi connectivity index (χ0n) is 5.63. The first kappa shape index (κ1) is 12.4. The Morgan fingerprint density at radius 3 is 1.80 bits per heavy atom. The van der Waals surface area contributed by atoms with Crippen molar-refractivity contribution >= 4 is 41.5 Å². The molecule has 0 spiro atoms. The van der Waals surface area contributed by atoms with E-state index in [2.05, 4.69) is 6.58 Å². The molecule has 0 saturated carbocycles. The Kier molecular flexibility index (Phi) is 6.76. The minimum Gasteiger partial charge on any atom is -0.481 e. The second kappa shape index (κ2) is 5.46. The van der Waals surface area contributed by atoms with Crippen molar-refractivity contribution in [3.8, 4) is 0 Å². The van der Waals surface area contributed by atoms with Gasteiger partial charge in [0.15, 0.2) is 0 Å². The van der Waals surface area contributed by atoms with Crippen molar-refractivity contribution in [1.29, 1.82) is 0 Å². The van der Waals surface area contributed by atoms with Gasteiger partial charge in [-0.25, -0.2) is 4.79 Å². The van der Waals surface area contributed by atoms with Crippen molar-refractivity contribution in [1.82, 2.24) is 0 Å². The predicted octanol–water partition coefficient (Wildman–Crippen LogP) is -0.279. The van der Waals surface area contributed by atoms with E-state index in [0.29, 0.717) is 0 Å². The van der Waals surface area contributed by atoms with Gasteiger partial charge in [0, 0.05) is 35.1 Å². The van der Waals surface area contributed by atoms with Crippen LogP contribution in [0.15, 0.2) is 12.2 Å². The first-order valence-corrected chi connectivity index (χ1v) is 2.17. The fourth-order valence-corrected chi connectivity index (χ4v) is 0.258. The van der Waals surface area contributed by atoms with Crippen molar-refractivity contribution in [3.05, 3.63) is 12.2 Å². The summed E-state index contributed by atoms with van der Waals surface area (Å²) >= 11 is 0. The summed E-state index contributed by atoms with van der Waals surface area (Å²) in [6.45, 7) is 3.01. The first-order valence-electron chi connectivity index (χ1n) is 2.17. The van der Waals surface area contributed by atoms with Crippen molar-refractivity contribution < 1.29 is 19.8 Å². The molecule has 0 amide bonds. The number of carboxylic acids is 2. The van der Waals surface area contributed by atoms with Crippen LogP contribution in [0.25, 0.3) is 0 Å². The van der Waals surface area contributed by atoms with Crippen molar-refractivity contribution in [2.24, 2.45) is 0 Å². The third kappa shape index (κ3) is 5.81. The van der Waals surface area contributed by atoms with Gasteiger partial charge in [-0.2, -0.15) is 0 Å². The van der Waals surface area contributed by atoms with Gasteiger partial charge in [-0.1, -0.05) is 6.58 Å². The fraction of sp³-hybridized carbons (Fsp3) is 0.200. The smallest absolute Gasteiger partial charge is 0.331 e. The molecule has 1 radical (unpaired) electrons. The monoisotopic (exact) mass is 153 g/mol. The summed E-state index contributed by atoms with van der Waals surface area (Å²) in [5.74, 6) is -2.44. The minimum absolute atomic E-state index is 0. The Morgan fingerprint density at radius 2 is 1.70 bits per heavy atom. The minimum atomic E-state index is -1.27. The molecule has 0 heterocycles. The van der Waals surface area contributed by atoms with Gasteiger partial charge in [0.05, 0.1) is 6.42 Å². The number of hydrogen-bond donors (Lipinski definition) is 2. The van der Waals surface area contributed by atoms with Gasteiger partial charge >= 0.3 is 11.9 Å². The number of aliphatic carboxylic acids is 2. The molecule has 0 fully saturated rings. The van der Waals surface area contributed by atoms with Crippen molar-refractivity contribution in [2.75, 3.05) is 0 Å². The Balaban J connectivity index is 0. The molecule has 0 aliphatic carbocycles. The van der Waals surface area contributed by atoms with E-state index in [1.807, 2.05) is 0 Å². The van der Waals surface area contributed by atoms with Gasteiger partial charge < -0.3 is 10.2 Å². The van der Waals surface area contributed by atoms with Gasteiger partial charge in [-0.15, -0.1) is 0 Å². The second-order valence-corrected chi connectivity index (χ2v) is 1.48. The van der Waals surface area contributed by atoms with E-state index in [-0.39, 0.29) is 35.1 Å². The van der Waals surface area contributed by atoms with E-state index in [0.717, 1.165) is 0 Å². The molecule has 0 saturated heterocycles. The molecule has 2 N–H and O–H groups in total. The number of carboxylic acid groups (broad SMARTS) is 2. The summed E-state index contributed by atoms with van der Waals surface area (Å²) in [4.78, 5) is 19.7. The van der Waals surface area contributed by atoms with Crippen molar-refractivity contribution in [3.63, 3.8) is 0 Å². The number of carbonyl (C=O) groups is 2. The maximum atomic E-state index is 9.87. The molecule has 0 unspecified atom stereocenters. The van der Waals surface area contributed by atoms with Crippen LogP contribution < -0.4 is 0 Å². The van der Waals surface area contributed by atoms with Gasteiger partial charge in [0.2, 0.25) is 0 Å². The third-order valence-electron chi connectivity index (χ3n) is 0.667. The van der Waals surface area contributed by atoms with E-state index in [1.165, 1.54) is 0 Å². The normalized spacial score (nSPS) is 7.60. The van der Waals surface area contributed by atoms with E-state index in [1.54, 1.807) is 0 Å². The van der Waals surface area contributed by atoms with Gasteiger partial charge in [-0.3, -0.25) is 4.79 Å². The average Bonchev–Trinajstić information content (AvgIpc) is 1.63. The molecule has 0 aromatic heterocycles. The Morgan fingerprint density at radius 1 is 1.30 bits per heavy atom. The summed E-state index contributed by atoms with van der Waals surface area (Å²) in [6.07, 6.45) is -0.505. The van der Waals surface area contributed by atoms with Crippen LogP contribution in [-0.2, 0) is 9.59 Å². The Bertz CT molecular complexity index is 163. The molecule has 0 aromatic rings. The molecule has 0 aliphatic rings. The third-order valence-corrected chi connectivity index (χ3v) is 0.667. The summed E-state index contributed by atoms with van der Waals surface area (Å²) in [5.41, 5.74) is -0.303. The molecule has 5 heteroatoms. The molecule has 0 bridgehead atoms. The molecule has 51 valence electrons. The van der Waals surface area contributed by atoms with Gasteiger partial charge in [-0.05, 0) is 0 Å². The van der Waals surface area contributed by atoms with Crippen molar-refractivity contribution in [2.45, 2.75) is 6.42 Å². The van der Waals surface area contributed by atoms with Crippen LogP contribution >= 0.6 is 0 Å². The summed E-state index contributed by atoms with van der Waals surface area (Å²) in [7, 11) is 0. The Labute approximate surface area is 79.8 Å². The number of hydrogen-bond acceptors (Lipinski definition) is 2. The maximum Gasteiger partial charge on any atom is 0.331 e. The summed E-state index contributed by atoms with van der Waals surface area (Å²) < 4.78 is 0.